The minimum absolute atomic E-state index is 0.0547. The van der Waals surface area contributed by atoms with E-state index in [1.165, 1.54) is 0 Å². The standard InChI is InChI=1S/C27H45N5O5.C4H4O4/c1-17(2)18(24(35)30-15-26(3,4)25(29)36)12-21(33)19(28)13-31-14-23(34)32(16-27(31,5)6)20-10-8-9-11-22(20)37-7;5-3(6)1-2-4(7)8/h8-11,17-19,21,33H,12-16,28H2,1-7H3,(H2,29,36)(H,30,35);1-2H,(H,5,6)(H,7,8)/b;2-1+/t18-,19-,21-;/m0./s1. The van der Waals surface area contributed by atoms with Crippen LogP contribution in [-0.2, 0) is 24.0 Å². The van der Waals surface area contributed by atoms with Crippen LogP contribution in [0.1, 0.15) is 48.0 Å². The van der Waals surface area contributed by atoms with Crippen molar-refractivity contribution in [2.24, 2.45) is 28.7 Å². The fourth-order valence-electron chi connectivity index (χ4n) is 4.58. The van der Waals surface area contributed by atoms with Crippen LogP contribution < -0.4 is 26.4 Å². The molecule has 0 aromatic heterocycles. The molecule has 14 nitrogen and oxygen atoms in total. The van der Waals surface area contributed by atoms with E-state index in [2.05, 4.69) is 5.32 Å². The van der Waals surface area contributed by atoms with Gasteiger partial charge in [-0.15, -0.1) is 0 Å². The molecular weight excluding hydrogens is 586 g/mol. The lowest BCUT2D eigenvalue weighted by molar-refractivity contribution is -0.134. The Bertz CT molecular complexity index is 1220. The number of primary amides is 1. The molecule has 1 heterocycles. The summed E-state index contributed by atoms with van der Waals surface area (Å²) in [5.41, 5.74) is 11.2. The summed E-state index contributed by atoms with van der Waals surface area (Å²) < 4.78 is 5.44. The second-order valence-corrected chi connectivity index (χ2v) is 12.6. The van der Waals surface area contributed by atoms with Crippen molar-refractivity contribution in [2.45, 2.75) is 65.6 Å². The third-order valence-corrected chi connectivity index (χ3v) is 7.71. The van der Waals surface area contributed by atoms with Crippen molar-refractivity contribution in [3.8, 4) is 5.75 Å². The van der Waals surface area contributed by atoms with Gasteiger partial charge in [-0.2, -0.15) is 0 Å². The molecule has 0 radical (unpaired) electrons. The lowest BCUT2D eigenvalue weighted by atomic mass is 9.86. The van der Waals surface area contributed by atoms with Crippen molar-refractivity contribution in [2.75, 3.05) is 38.2 Å². The summed E-state index contributed by atoms with van der Waals surface area (Å²) in [7, 11) is 1.58. The highest BCUT2D eigenvalue weighted by molar-refractivity contribution is 5.97. The summed E-state index contributed by atoms with van der Waals surface area (Å²) in [6.45, 7) is 12.2. The SMILES string of the molecule is COc1ccccc1N1CC(C)(C)N(C[C@H](N)[C@@H](O)C[C@H](C(=O)NCC(C)(C)C(N)=O)C(C)C)CC1=O.O=C(O)/C=C/C(=O)O. The number of nitrogens with zero attached hydrogens (tertiary/aromatic N) is 2. The van der Waals surface area contributed by atoms with Crippen LogP contribution in [-0.4, -0.2) is 101 Å². The van der Waals surface area contributed by atoms with Crippen LogP contribution in [0.2, 0.25) is 0 Å². The average molecular weight is 636 g/mol. The third kappa shape index (κ3) is 12.1. The van der Waals surface area contributed by atoms with Gasteiger partial charge in [0.15, 0.2) is 0 Å². The monoisotopic (exact) mass is 635 g/mol. The van der Waals surface area contributed by atoms with E-state index in [-0.39, 0.29) is 37.2 Å². The number of piperazine rings is 1. The number of hydrogen-bond donors (Lipinski definition) is 6. The molecule has 1 fully saturated rings. The van der Waals surface area contributed by atoms with Gasteiger partial charge in [0.1, 0.15) is 5.75 Å². The van der Waals surface area contributed by atoms with Gasteiger partial charge >= 0.3 is 11.9 Å². The number of para-hydroxylation sites is 2. The Balaban J connectivity index is 0.00000111. The van der Waals surface area contributed by atoms with E-state index in [9.17, 15) is 29.1 Å². The molecular formula is C31H49N5O9. The molecule has 8 N–H and O–H groups in total. The first-order valence-corrected chi connectivity index (χ1v) is 14.6. The van der Waals surface area contributed by atoms with Gasteiger partial charge < -0.3 is 41.7 Å². The number of ether oxygens (including phenoxy) is 1. The van der Waals surface area contributed by atoms with Crippen LogP contribution in [0.5, 0.6) is 5.75 Å². The first-order valence-electron chi connectivity index (χ1n) is 14.6. The zero-order valence-electron chi connectivity index (χ0n) is 27.1. The van der Waals surface area contributed by atoms with Crippen LogP contribution in [0.3, 0.4) is 0 Å². The number of carboxylic acid groups (broad SMARTS) is 2. The first kappa shape index (κ1) is 39.0. The summed E-state index contributed by atoms with van der Waals surface area (Å²) in [5.74, 6) is -3.27. The van der Waals surface area contributed by atoms with Crippen molar-refractivity contribution in [3.63, 3.8) is 0 Å². The number of nitrogens with two attached hydrogens (primary N) is 2. The summed E-state index contributed by atoms with van der Waals surface area (Å²) in [5, 5.41) is 29.4. The Morgan fingerprint density at radius 1 is 1.11 bits per heavy atom. The molecule has 1 saturated heterocycles. The summed E-state index contributed by atoms with van der Waals surface area (Å²) in [6.07, 6.45) is 0.322. The van der Waals surface area contributed by atoms with Crippen LogP contribution in [0, 0.1) is 17.3 Å². The maximum Gasteiger partial charge on any atom is 0.328 e. The summed E-state index contributed by atoms with van der Waals surface area (Å²) in [6, 6.07) is 6.75. The minimum atomic E-state index is -1.26. The van der Waals surface area contributed by atoms with Crippen LogP contribution >= 0.6 is 0 Å². The molecule has 0 bridgehead atoms. The fourth-order valence-corrected chi connectivity index (χ4v) is 4.58. The molecule has 0 spiro atoms. The van der Waals surface area contributed by atoms with Gasteiger partial charge in [-0.05, 0) is 52.2 Å². The van der Waals surface area contributed by atoms with Crippen LogP contribution in [0.4, 0.5) is 5.69 Å². The molecule has 1 aliphatic heterocycles. The molecule has 3 atom stereocenters. The third-order valence-electron chi connectivity index (χ3n) is 7.71. The smallest absolute Gasteiger partial charge is 0.328 e. The van der Waals surface area contributed by atoms with E-state index in [0.29, 0.717) is 31.0 Å². The van der Waals surface area contributed by atoms with Crippen molar-refractivity contribution in [3.05, 3.63) is 36.4 Å². The maximum atomic E-state index is 13.1. The van der Waals surface area contributed by atoms with E-state index in [0.717, 1.165) is 5.69 Å². The lowest BCUT2D eigenvalue weighted by Gasteiger charge is -2.47. The van der Waals surface area contributed by atoms with Gasteiger partial charge in [-0.1, -0.05) is 26.0 Å². The average Bonchev–Trinajstić information content (AvgIpc) is 2.95. The van der Waals surface area contributed by atoms with E-state index in [4.69, 9.17) is 26.4 Å². The Morgan fingerprint density at radius 3 is 2.16 bits per heavy atom. The highest BCUT2D eigenvalue weighted by Gasteiger charge is 2.41. The molecule has 0 aliphatic carbocycles. The number of rotatable bonds is 14. The number of carbonyl (C=O) groups excluding carboxylic acids is 3. The van der Waals surface area contributed by atoms with Gasteiger partial charge in [0.25, 0.3) is 0 Å². The molecule has 3 amide bonds. The number of amides is 3. The van der Waals surface area contributed by atoms with Gasteiger partial charge in [-0.25, -0.2) is 9.59 Å². The van der Waals surface area contributed by atoms with E-state index < -0.39 is 46.9 Å². The summed E-state index contributed by atoms with van der Waals surface area (Å²) >= 11 is 0. The second kappa shape index (κ2) is 16.9. The van der Waals surface area contributed by atoms with E-state index >= 15 is 0 Å². The molecule has 0 unspecified atom stereocenters. The van der Waals surface area contributed by atoms with Crippen LogP contribution in [0.15, 0.2) is 36.4 Å². The Kier molecular flexibility index (Phi) is 14.6. The number of anilines is 1. The predicted molar refractivity (Wildman–Crippen MR) is 168 cm³/mol. The number of nitrogens with one attached hydrogen (secondary N) is 1. The van der Waals surface area contributed by atoms with E-state index in [1.54, 1.807) is 25.9 Å². The fraction of sp³-hybridized carbons (Fsp3) is 0.581. The first-order chi connectivity index (χ1) is 20.7. The number of carbonyl (C=O) groups is 5. The number of carboxylic acids is 2. The molecule has 1 aliphatic rings. The van der Waals surface area contributed by atoms with Gasteiger partial charge in [0.05, 0.1) is 30.9 Å². The Hall–Kier alpha value is -4.01. The second-order valence-electron chi connectivity index (χ2n) is 12.6. The zero-order chi connectivity index (χ0) is 34.7. The van der Waals surface area contributed by atoms with Crippen molar-refractivity contribution < 1.29 is 44.0 Å². The van der Waals surface area contributed by atoms with Crippen LogP contribution in [0.25, 0.3) is 0 Å². The lowest BCUT2D eigenvalue weighted by Crippen LogP contribution is -2.64. The quantitative estimate of drug-likeness (QED) is 0.157. The van der Waals surface area contributed by atoms with Gasteiger partial charge in [0, 0.05) is 49.3 Å². The minimum Gasteiger partial charge on any atom is -0.495 e. The number of hydrogen-bond acceptors (Lipinski definition) is 9. The topological polar surface area (TPSA) is 226 Å². The molecule has 2 rings (SSSR count). The Labute approximate surface area is 264 Å². The largest absolute Gasteiger partial charge is 0.495 e. The molecule has 45 heavy (non-hydrogen) atoms. The number of benzene rings is 1. The molecule has 252 valence electrons. The molecule has 0 saturated carbocycles. The van der Waals surface area contributed by atoms with Gasteiger partial charge in [0.2, 0.25) is 17.7 Å². The molecule has 1 aromatic rings. The summed E-state index contributed by atoms with van der Waals surface area (Å²) in [4.78, 5) is 60.4. The molecule has 1 aromatic carbocycles. The molecule has 14 heteroatoms. The highest BCUT2D eigenvalue weighted by atomic mass is 16.5. The maximum absolute atomic E-state index is 13.1. The Morgan fingerprint density at radius 2 is 1.67 bits per heavy atom. The predicted octanol–water partition coefficient (Wildman–Crippen LogP) is 0.812. The number of methoxy groups -OCH3 is 1. The normalized spacial score (nSPS) is 17.2. The van der Waals surface area contributed by atoms with Crippen molar-refractivity contribution >= 4 is 35.3 Å². The van der Waals surface area contributed by atoms with Crippen molar-refractivity contribution in [1.29, 1.82) is 0 Å². The van der Waals surface area contributed by atoms with Crippen molar-refractivity contribution in [1.82, 2.24) is 10.2 Å². The number of aliphatic carboxylic acids is 2. The zero-order valence-corrected chi connectivity index (χ0v) is 27.1. The van der Waals surface area contributed by atoms with Gasteiger partial charge in [-0.3, -0.25) is 19.3 Å². The van der Waals surface area contributed by atoms with E-state index in [1.807, 2.05) is 56.9 Å². The number of aliphatic hydroxyl groups is 1. The highest BCUT2D eigenvalue weighted by Crippen LogP contribution is 2.33. The number of aliphatic hydroxyl groups excluding tert-OH is 1.